The summed E-state index contributed by atoms with van der Waals surface area (Å²) < 4.78 is 18.9. The van der Waals surface area contributed by atoms with E-state index in [1.165, 1.54) is 12.1 Å². The van der Waals surface area contributed by atoms with Gasteiger partial charge in [0.25, 0.3) is 5.91 Å². The van der Waals surface area contributed by atoms with Crippen molar-refractivity contribution in [3.63, 3.8) is 0 Å². The maximum Gasteiger partial charge on any atom is 0.254 e. The molecule has 0 saturated carbocycles. The van der Waals surface area contributed by atoms with Gasteiger partial charge in [-0.1, -0.05) is 12.1 Å². The first-order valence-electron chi connectivity index (χ1n) is 8.58. The summed E-state index contributed by atoms with van der Waals surface area (Å²) in [4.78, 5) is 23.0. The molecule has 1 saturated heterocycles. The smallest absolute Gasteiger partial charge is 0.254 e. The fraction of sp³-hybridized carbons (Fsp3) is 0.389. The number of carbonyl (C=O) groups is 1. The predicted molar refractivity (Wildman–Crippen MR) is 97.0 cm³/mol. The van der Waals surface area contributed by atoms with Gasteiger partial charge in [0.1, 0.15) is 23.3 Å². The Bertz CT molecular complexity index is 765. The Morgan fingerprint density at radius 3 is 2.77 bits per heavy atom. The monoisotopic (exact) mass is 359 g/mol. The van der Waals surface area contributed by atoms with Crippen molar-refractivity contribution in [2.24, 2.45) is 0 Å². The lowest BCUT2D eigenvalue weighted by Gasteiger charge is -2.28. The number of morpholine rings is 1. The Labute approximate surface area is 151 Å². The Hall–Kier alpha value is -2.74. The third kappa shape index (κ3) is 4.66. The second-order valence-electron chi connectivity index (χ2n) is 5.92. The van der Waals surface area contributed by atoms with Gasteiger partial charge >= 0.3 is 0 Å². The number of hydrogen-bond acceptors (Lipinski definition) is 6. The number of halogens is 1. The first-order chi connectivity index (χ1) is 12.6. The van der Waals surface area contributed by atoms with Crippen molar-refractivity contribution in [1.29, 1.82) is 0 Å². The highest BCUT2D eigenvalue weighted by molar-refractivity contribution is 5.94. The quantitative estimate of drug-likeness (QED) is 0.763. The fourth-order valence-electron chi connectivity index (χ4n) is 2.70. The second kappa shape index (κ2) is 8.57. The molecule has 0 bridgehead atoms. The van der Waals surface area contributed by atoms with Gasteiger partial charge in [-0.3, -0.25) is 4.79 Å². The molecule has 1 aliphatic rings. The van der Waals surface area contributed by atoms with Crippen LogP contribution in [-0.2, 0) is 4.74 Å². The number of nitrogens with zero attached hydrogens (tertiary/aromatic N) is 3. The van der Waals surface area contributed by atoms with Gasteiger partial charge in [0, 0.05) is 32.2 Å². The molecule has 1 aromatic carbocycles. The average Bonchev–Trinajstić information content (AvgIpc) is 2.66. The molecule has 26 heavy (non-hydrogen) atoms. The molecule has 3 rings (SSSR count). The number of aryl methyl sites for hydroxylation is 1. The van der Waals surface area contributed by atoms with E-state index in [2.05, 4.69) is 25.5 Å². The van der Waals surface area contributed by atoms with Gasteiger partial charge in [0.15, 0.2) is 0 Å². The van der Waals surface area contributed by atoms with Crippen molar-refractivity contribution >= 4 is 17.5 Å². The summed E-state index contributed by atoms with van der Waals surface area (Å²) in [6.45, 7) is 5.64. The van der Waals surface area contributed by atoms with Crippen molar-refractivity contribution in [3.8, 4) is 0 Å². The molecule has 0 radical (unpaired) electrons. The first-order valence-corrected chi connectivity index (χ1v) is 8.58. The first kappa shape index (κ1) is 18.1. The van der Waals surface area contributed by atoms with Gasteiger partial charge < -0.3 is 20.3 Å². The number of aromatic nitrogens is 2. The number of anilines is 2. The lowest BCUT2D eigenvalue weighted by molar-refractivity contribution is 0.0951. The molecule has 1 amide bonds. The van der Waals surface area contributed by atoms with Gasteiger partial charge in [-0.15, -0.1) is 0 Å². The lowest BCUT2D eigenvalue weighted by atomic mass is 10.2. The summed E-state index contributed by atoms with van der Waals surface area (Å²) in [5.41, 5.74) is 0.0417. The van der Waals surface area contributed by atoms with E-state index in [4.69, 9.17) is 4.74 Å². The van der Waals surface area contributed by atoms with E-state index in [0.717, 1.165) is 18.9 Å². The number of rotatable bonds is 6. The molecule has 2 heterocycles. The van der Waals surface area contributed by atoms with Gasteiger partial charge in [-0.2, -0.15) is 0 Å². The van der Waals surface area contributed by atoms with E-state index in [1.807, 2.05) is 13.0 Å². The van der Waals surface area contributed by atoms with Crippen LogP contribution in [0.4, 0.5) is 16.0 Å². The highest BCUT2D eigenvalue weighted by atomic mass is 19.1. The maximum absolute atomic E-state index is 13.6. The molecule has 1 fully saturated rings. The van der Waals surface area contributed by atoms with Crippen LogP contribution >= 0.6 is 0 Å². The van der Waals surface area contributed by atoms with Crippen molar-refractivity contribution in [2.45, 2.75) is 6.92 Å². The zero-order valence-electron chi connectivity index (χ0n) is 14.7. The van der Waals surface area contributed by atoms with Gasteiger partial charge in [0.2, 0.25) is 0 Å². The van der Waals surface area contributed by atoms with E-state index < -0.39 is 11.7 Å². The molecule has 0 spiro atoms. The molecule has 2 aromatic rings. The molecule has 7 nitrogen and oxygen atoms in total. The number of ether oxygens (including phenoxy) is 1. The summed E-state index contributed by atoms with van der Waals surface area (Å²) in [7, 11) is 0. The van der Waals surface area contributed by atoms with Crippen LogP contribution in [0.3, 0.4) is 0 Å². The van der Waals surface area contributed by atoms with Crippen LogP contribution in [0.1, 0.15) is 16.2 Å². The number of hydrogen-bond donors (Lipinski definition) is 2. The zero-order valence-corrected chi connectivity index (χ0v) is 14.7. The molecule has 2 N–H and O–H groups in total. The van der Waals surface area contributed by atoms with Gasteiger partial charge in [-0.05, 0) is 19.1 Å². The minimum atomic E-state index is -0.528. The van der Waals surface area contributed by atoms with Crippen LogP contribution in [0.25, 0.3) is 0 Å². The number of benzene rings is 1. The largest absolute Gasteiger partial charge is 0.378 e. The van der Waals surface area contributed by atoms with Crippen molar-refractivity contribution in [3.05, 3.63) is 47.5 Å². The van der Waals surface area contributed by atoms with Crippen LogP contribution in [0.2, 0.25) is 0 Å². The van der Waals surface area contributed by atoms with Crippen LogP contribution in [0.15, 0.2) is 30.3 Å². The normalized spacial score (nSPS) is 14.2. The molecule has 0 atom stereocenters. The third-order valence-corrected chi connectivity index (χ3v) is 3.99. The molecule has 0 unspecified atom stereocenters. The minimum absolute atomic E-state index is 0.0417. The summed E-state index contributed by atoms with van der Waals surface area (Å²) in [6, 6.07) is 7.80. The van der Waals surface area contributed by atoms with Gasteiger partial charge in [-0.25, -0.2) is 14.4 Å². The summed E-state index contributed by atoms with van der Waals surface area (Å²) >= 11 is 0. The van der Waals surface area contributed by atoms with E-state index in [-0.39, 0.29) is 5.56 Å². The van der Waals surface area contributed by atoms with E-state index >= 15 is 0 Å². The van der Waals surface area contributed by atoms with E-state index in [0.29, 0.717) is 37.9 Å². The fourth-order valence-corrected chi connectivity index (χ4v) is 2.70. The Kier molecular flexibility index (Phi) is 5.96. The standard InChI is InChI=1S/C18H22FN5O2/c1-13-22-16(12-17(23-13)24-8-10-26-11-9-24)20-6-7-21-18(25)14-4-2-3-5-15(14)19/h2-5,12H,6-11H2,1H3,(H,21,25)(H,20,22,23). The highest BCUT2D eigenvalue weighted by Gasteiger charge is 2.14. The molecular weight excluding hydrogens is 337 g/mol. The second-order valence-corrected chi connectivity index (χ2v) is 5.92. The summed E-state index contributed by atoms with van der Waals surface area (Å²) in [6.07, 6.45) is 0. The number of amides is 1. The summed E-state index contributed by atoms with van der Waals surface area (Å²) in [5, 5.41) is 5.86. The number of carbonyl (C=O) groups excluding carboxylic acids is 1. The van der Waals surface area contributed by atoms with Crippen LogP contribution in [0.5, 0.6) is 0 Å². The van der Waals surface area contributed by atoms with E-state index in [9.17, 15) is 9.18 Å². The highest BCUT2D eigenvalue weighted by Crippen LogP contribution is 2.17. The summed E-state index contributed by atoms with van der Waals surface area (Å²) in [5.74, 6) is 1.27. The third-order valence-electron chi connectivity index (χ3n) is 3.99. The topological polar surface area (TPSA) is 79.4 Å². The molecule has 1 aromatic heterocycles. The number of nitrogens with one attached hydrogen (secondary N) is 2. The minimum Gasteiger partial charge on any atom is -0.378 e. The Morgan fingerprint density at radius 2 is 2.00 bits per heavy atom. The zero-order chi connectivity index (χ0) is 18.4. The van der Waals surface area contributed by atoms with E-state index in [1.54, 1.807) is 12.1 Å². The van der Waals surface area contributed by atoms with Crippen LogP contribution in [0, 0.1) is 12.7 Å². The molecule has 0 aliphatic carbocycles. The molecular formula is C18H22FN5O2. The SMILES string of the molecule is Cc1nc(NCCNC(=O)c2ccccc2F)cc(N2CCOCC2)n1. The average molecular weight is 359 g/mol. The maximum atomic E-state index is 13.6. The predicted octanol–water partition coefficient (Wildman–Crippen LogP) is 1.60. The Balaban J connectivity index is 1.52. The van der Waals surface area contributed by atoms with Crippen molar-refractivity contribution in [1.82, 2.24) is 15.3 Å². The molecule has 8 heteroatoms. The van der Waals surface area contributed by atoms with Gasteiger partial charge in [0.05, 0.1) is 18.8 Å². The Morgan fingerprint density at radius 1 is 1.23 bits per heavy atom. The van der Waals surface area contributed by atoms with Crippen molar-refractivity contribution < 1.29 is 13.9 Å². The lowest BCUT2D eigenvalue weighted by Crippen LogP contribution is -2.37. The molecule has 1 aliphatic heterocycles. The molecule has 138 valence electrons. The van der Waals surface area contributed by atoms with Crippen LogP contribution < -0.4 is 15.5 Å². The van der Waals surface area contributed by atoms with Crippen molar-refractivity contribution in [2.75, 3.05) is 49.6 Å². The van der Waals surface area contributed by atoms with Crippen LogP contribution in [-0.4, -0.2) is 55.3 Å².